The number of rotatable bonds is 5. The Morgan fingerprint density at radius 3 is 2.53 bits per heavy atom. The number of carbonyl (C=O) groups is 2. The molecule has 0 radical (unpaired) electrons. The lowest BCUT2D eigenvalue weighted by atomic mass is 9.89. The molecule has 0 spiro atoms. The van der Waals surface area contributed by atoms with E-state index < -0.39 is 5.97 Å². The van der Waals surface area contributed by atoms with Gasteiger partial charge in [0, 0.05) is 6.54 Å². The van der Waals surface area contributed by atoms with Gasteiger partial charge in [-0.2, -0.15) is 0 Å². The molecule has 17 heavy (non-hydrogen) atoms. The monoisotopic (exact) mass is 242 g/mol. The molecule has 1 aliphatic rings. The standard InChI is InChI=1S/C12H22N2O3/c1-2-17-11(15)9-14-12(16)13-8-10-6-4-3-5-7-10/h10H,2-9H2,1H3,(H2,13,14,16). The van der Waals surface area contributed by atoms with Crippen molar-refractivity contribution in [2.75, 3.05) is 19.7 Å². The topological polar surface area (TPSA) is 67.4 Å². The molecule has 0 aromatic rings. The van der Waals surface area contributed by atoms with E-state index in [1.54, 1.807) is 6.92 Å². The minimum Gasteiger partial charge on any atom is -0.465 e. The first-order chi connectivity index (χ1) is 8.22. The van der Waals surface area contributed by atoms with Gasteiger partial charge >= 0.3 is 12.0 Å². The van der Waals surface area contributed by atoms with Crippen molar-refractivity contribution in [3.8, 4) is 0 Å². The van der Waals surface area contributed by atoms with Crippen LogP contribution in [0.4, 0.5) is 4.79 Å². The Bertz CT molecular complexity index is 250. The van der Waals surface area contributed by atoms with Crippen molar-refractivity contribution in [3.63, 3.8) is 0 Å². The van der Waals surface area contributed by atoms with Crippen molar-refractivity contribution >= 4 is 12.0 Å². The quantitative estimate of drug-likeness (QED) is 0.717. The number of urea groups is 1. The zero-order valence-corrected chi connectivity index (χ0v) is 10.5. The Kier molecular flexibility index (Phi) is 6.43. The molecule has 1 aliphatic carbocycles. The Hall–Kier alpha value is -1.26. The van der Waals surface area contributed by atoms with Crippen molar-refractivity contribution in [1.82, 2.24) is 10.6 Å². The Morgan fingerprint density at radius 1 is 1.18 bits per heavy atom. The average Bonchev–Trinajstić information content (AvgIpc) is 2.35. The van der Waals surface area contributed by atoms with Crippen LogP contribution in [0.5, 0.6) is 0 Å². The highest BCUT2D eigenvalue weighted by Crippen LogP contribution is 2.22. The lowest BCUT2D eigenvalue weighted by Crippen LogP contribution is -2.41. The third kappa shape index (κ3) is 6.14. The molecule has 5 nitrogen and oxygen atoms in total. The molecule has 2 amide bonds. The van der Waals surface area contributed by atoms with E-state index in [2.05, 4.69) is 10.6 Å². The molecular formula is C12H22N2O3. The van der Waals surface area contributed by atoms with E-state index in [0.29, 0.717) is 19.1 Å². The lowest BCUT2D eigenvalue weighted by Gasteiger charge is -2.21. The summed E-state index contributed by atoms with van der Waals surface area (Å²) in [6.07, 6.45) is 6.22. The van der Waals surface area contributed by atoms with Crippen molar-refractivity contribution in [2.24, 2.45) is 5.92 Å². The second kappa shape index (κ2) is 7.92. The molecule has 0 atom stereocenters. The van der Waals surface area contributed by atoms with E-state index in [1.807, 2.05) is 0 Å². The molecule has 1 saturated carbocycles. The maximum atomic E-state index is 11.4. The summed E-state index contributed by atoms with van der Waals surface area (Å²) in [5.41, 5.74) is 0. The van der Waals surface area contributed by atoms with Crippen LogP contribution in [-0.2, 0) is 9.53 Å². The summed E-state index contributed by atoms with van der Waals surface area (Å²) in [6, 6.07) is -0.288. The van der Waals surface area contributed by atoms with Crippen molar-refractivity contribution in [3.05, 3.63) is 0 Å². The second-order valence-corrected chi connectivity index (χ2v) is 4.37. The number of amides is 2. The summed E-state index contributed by atoms with van der Waals surface area (Å²) in [5.74, 6) is 0.192. The predicted molar refractivity (Wildman–Crippen MR) is 64.6 cm³/mol. The molecule has 2 N–H and O–H groups in total. The minimum absolute atomic E-state index is 0.0651. The Labute approximate surface area is 102 Å². The van der Waals surface area contributed by atoms with Gasteiger partial charge in [-0.3, -0.25) is 4.79 Å². The van der Waals surface area contributed by atoms with Gasteiger partial charge in [0.15, 0.2) is 0 Å². The maximum Gasteiger partial charge on any atom is 0.325 e. The van der Waals surface area contributed by atoms with Crippen molar-refractivity contribution in [1.29, 1.82) is 0 Å². The first-order valence-corrected chi connectivity index (χ1v) is 6.39. The largest absolute Gasteiger partial charge is 0.465 e. The van der Waals surface area contributed by atoms with Crippen LogP contribution < -0.4 is 10.6 Å². The van der Waals surface area contributed by atoms with Gasteiger partial charge in [0.1, 0.15) is 6.54 Å². The smallest absolute Gasteiger partial charge is 0.325 e. The van der Waals surface area contributed by atoms with E-state index in [0.717, 1.165) is 0 Å². The molecule has 1 fully saturated rings. The fourth-order valence-electron chi connectivity index (χ4n) is 2.06. The minimum atomic E-state index is -0.402. The summed E-state index contributed by atoms with van der Waals surface area (Å²) in [6.45, 7) is 2.71. The van der Waals surface area contributed by atoms with Gasteiger partial charge in [-0.25, -0.2) is 4.79 Å². The molecule has 1 rings (SSSR count). The molecule has 0 saturated heterocycles. The van der Waals surface area contributed by atoms with Crippen LogP contribution in [0.15, 0.2) is 0 Å². The normalized spacial score (nSPS) is 16.3. The Morgan fingerprint density at radius 2 is 1.88 bits per heavy atom. The fourth-order valence-corrected chi connectivity index (χ4v) is 2.06. The van der Waals surface area contributed by atoms with Gasteiger partial charge in [-0.1, -0.05) is 19.3 Å². The molecule has 5 heteroatoms. The van der Waals surface area contributed by atoms with Crippen LogP contribution in [0.3, 0.4) is 0 Å². The van der Waals surface area contributed by atoms with Gasteiger partial charge in [-0.15, -0.1) is 0 Å². The molecule has 98 valence electrons. The average molecular weight is 242 g/mol. The van der Waals surface area contributed by atoms with Crippen LogP contribution in [-0.4, -0.2) is 31.7 Å². The maximum absolute atomic E-state index is 11.4. The molecule has 0 aliphatic heterocycles. The summed E-state index contributed by atoms with van der Waals surface area (Å²) in [5, 5.41) is 5.27. The third-order valence-corrected chi connectivity index (χ3v) is 2.97. The van der Waals surface area contributed by atoms with Crippen LogP contribution in [0.1, 0.15) is 39.0 Å². The SMILES string of the molecule is CCOC(=O)CNC(=O)NCC1CCCCC1. The zero-order valence-electron chi connectivity index (χ0n) is 10.5. The first kappa shape index (κ1) is 13.8. The number of hydrogen-bond donors (Lipinski definition) is 2. The van der Waals surface area contributed by atoms with Crippen molar-refractivity contribution < 1.29 is 14.3 Å². The highest BCUT2D eigenvalue weighted by Gasteiger charge is 2.14. The van der Waals surface area contributed by atoms with Gasteiger partial charge in [0.25, 0.3) is 0 Å². The number of hydrogen-bond acceptors (Lipinski definition) is 3. The van der Waals surface area contributed by atoms with E-state index in [4.69, 9.17) is 4.74 Å². The molecule has 0 heterocycles. The van der Waals surface area contributed by atoms with Crippen LogP contribution >= 0.6 is 0 Å². The van der Waals surface area contributed by atoms with Crippen LogP contribution in [0, 0.1) is 5.92 Å². The lowest BCUT2D eigenvalue weighted by molar-refractivity contribution is -0.141. The zero-order chi connectivity index (χ0) is 12.5. The summed E-state index contributed by atoms with van der Waals surface area (Å²) >= 11 is 0. The summed E-state index contributed by atoms with van der Waals surface area (Å²) in [4.78, 5) is 22.4. The summed E-state index contributed by atoms with van der Waals surface area (Å²) < 4.78 is 4.71. The molecular weight excluding hydrogens is 220 g/mol. The highest BCUT2D eigenvalue weighted by atomic mass is 16.5. The molecule has 0 aromatic heterocycles. The number of nitrogens with one attached hydrogen (secondary N) is 2. The second-order valence-electron chi connectivity index (χ2n) is 4.37. The predicted octanol–water partition coefficient (Wildman–Crippen LogP) is 1.43. The van der Waals surface area contributed by atoms with Gasteiger partial charge < -0.3 is 15.4 Å². The number of esters is 1. The highest BCUT2D eigenvalue weighted by molar-refractivity contribution is 5.80. The number of carbonyl (C=O) groups excluding carboxylic acids is 2. The fraction of sp³-hybridized carbons (Fsp3) is 0.833. The summed E-state index contributed by atoms with van der Waals surface area (Å²) in [7, 11) is 0. The third-order valence-electron chi connectivity index (χ3n) is 2.97. The van der Waals surface area contributed by atoms with E-state index in [9.17, 15) is 9.59 Å². The van der Waals surface area contributed by atoms with E-state index >= 15 is 0 Å². The molecule has 0 unspecified atom stereocenters. The van der Waals surface area contributed by atoms with Gasteiger partial charge in [-0.05, 0) is 25.7 Å². The van der Waals surface area contributed by atoms with E-state index in [-0.39, 0.29) is 12.6 Å². The van der Waals surface area contributed by atoms with Gasteiger partial charge in [0.2, 0.25) is 0 Å². The van der Waals surface area contributed by atoms with Crippen LogP contribution in [0.25, 0.3) is 0 Å². The van der Waals surface area contributed by atoms with Crippen LogP contribution in [0.2, 0.25) is 0 Å². The first-order valence-electron chi connectivity index (χ1n) is 6.39. The number of ether oxygens (including phenoxy) is 1. The van der Waals surface area contributed by atoms with E-state index in [1.165, 1.54) is 32.1 Å². The molecule has 0 bridgehead atoms. The Balaban J connectivity index is 2.06. The van der Waals surface area contributed by atoms with Gasteiger partial charge in [0.05, 0.1) is 6.61 Å². The van der Waals surface area contributed by atoms with Crippen molar-refractivity contribution in [2.45, 2.75) is 39.0 Å². The molecule has 0 aromatic carbocycles.